The summed E-state index contributed by atoms with van der Waals surface area (Å²) in [5.74, 6) is 4.51. The Balaban J connectivity index is 2.29. The number of piperidine rings is 1. The van der Waals surface area contributed by atoms with E-state index in [9.17, 15) is 14.4 Å². The van der Waals surface area contributed by atoms with Gasteiger partial charge in [-0.1, -0.05) is 0 Å². The van der Waals surface area contributed by atoms with Crippen LogP contribution in [0.1, 0.15) is 38.2 Å². The fraction of sp³-hybridized carbons (Fsp3) is 0.435. The third kappa shape index (κ3) is 7.55. The third-order valence-corrected chi connectivity index (χ3v) is 6.39. The molecule has 1 heterocycles. The first kappa shape index (κ1) is 24.7. The van der Waals surface area contributed by atoms with Crippen molar-refractivity contribution in [1.29, 1.82) is 5.26 Å². The molecule has 0 radical (unpaired) electrons. The van der Waals surface area contributed by atoms with Crippen LogP contribution in [0.5, 0.6) is 0 Å². The molecule has 31 heavy (non-hydrogen) atoms. The number of allylic oxidation sites excluding steroid dienone is 1. The summed E-state index contributed by atoms with van der Waals surface area (Å²) < 4.78 is 18.7. The topological polar surface area (TPSA) is 77.7 Å². The summed E-state index contributed by atoms with van der Waals surface area (Å²) in [6.45, 7) is 6.39. The van der Waals surface area contributed by atoms with Crippen LogP contribution in [0.3, 0.4) is 0 Å². The Morgan fingerprint density at radius 2 is 2.23 bits per heavy atom. The van der Waals surface area contributed by atoms with Crippen LogP contribution in [0.4, 0.5) is 15.8 Å². The van der Waals surface area contributed by atoms with Crippen molar-refractivity contribution in [2.24, 2.45) is 10.9 Å². The van der Waals surface area contributed by atoms with E-state index in [1.807, 2.05) is 13.0 Å². The fourth-order valence-electron chi connectivity index (χ4n) is 3.31. The van der Waals surface area contributed by atoms with Crippen molar-refractivity contribution in [3.8, 4) is 17.9 Å². The average Bonchev–Trinajstić information content (AvgIpc) is 2.80. The predicted molar refractivity (Wildman–Crippen MR) is 117 cm³/mol. The van der Waals surface area contributed by atoms with Crippen LogP contribution in [0.2, 0.25) is 0 Å². The summed E-state index contributed by atoms with van der Waals surface area (Å²) in [7, 11) is 0. The zero-order chi connectivity index (χ0) is 22.5. The van der Waals surface area contributed by atoms with Gasteiger partial charge in [0.15, 0.2) is 0 Å². The van der Waals surface area contributed by atoms with Crippen molar-refractivity contribution < 1.29 is 33.9 Å². The van der Waals surface area contributed by atoms with Crippen molar-refractivity contribution in [3.05, 3.63) is 35.6 Å². The Kier molecular flexibility index (Phi) is 10.9. The molecular weight excluding hydrogens is 510 g/mol. The van der Waals surface area contributed by atoms with Crippen molar-refractivity contribution in [3.63, 3.8) is 0 Å². The molecule has 6 nitrogen and oxygen atoms in total. The second kappa shape index (κ2) is 13.7. The number of rotatable bonds is 9. The molecule has 0 aromatic heterocycles. The van der Waals surface area contributed by atoms with Crippen LogP contribution in [-0.4, -0.2) is 36.9 Å². The maximum absolute atomic E-state index is 13.2. The summed E-state index contributed by atoms with van der Waals surface area (Å²) >= 11 is -0.779. The Morgan fingerprint density at radius 1 is 1.45 bits per heavy atom. The fourth-order valence-corrected chi connectivity index (χ4v) is 4.44. The van der Waals surface area contributed by atoms with E-state index in [1.54, 1.807) is 12.1 Å². The molecule has 1 fully saturated rings. The molecular formula is C23H27FIN4O2-. The van der Waals surface area contributed by atoms with Crippen LogP contribution >= 0.6 is 0 Å². The third-order valence-electron chi connectivity index (χ3n) is 4.81. The van der Waals surface area contributed by atoms with Crippen LogP contribution in [0.25, 0.3) is 0 Å². The number of nitrogens with zero attached hydrogens (tertiary/aromatic N) is 3. The molecule has 0 spiro atoms. The molecule has 1 saturated heterocycles. The van der Waals surface area contributed by atoms with Gasteiger partial charge in [0, 0.05) is 0 Å². The summed E-state index contributed by atoms with van der Waals surface area (Å²) in [5, 5.41) is 12.3. The van der Waals surface area contributed by atoms with Crippen molar-refractivity contribution in [2.45, 2.75) is 32.6 Å². The first-order valence-electron chi connectivity index (χ1n) is 10.2. The van der Waals surface area contributed by atoms with Gasteiger partial charge in [-0.25, -0.2) is 0 Å². The first-order valence-corrected chi connectivity index (χ1v) is 12.6. The zero-order valence-corrected chi connectivity index (χ0v) is 19.8. The molecule has 0 saturated carbocycles. The van der Waals surface area contributed by atoms with Gasteiger partial charge in [0.25, 0.3) is 0 Å². The number of amides is 1. The van der Waals surface area contributed by atoms with Gasteiger partial charge < -0.3 is 0 Å². The summed E-state index contributed by atoms with van der Waals surface area (Å²) in [6.07, 6.45) is 5.34. The zero-order valence-electron chi connectivity index (χ0n) is 17.7. The minimum atomic E-state index is -0.779. The number of benzene rings is 1. The maximum atomic E-state index is 13.2. The predicted octanol–water partition coefficient (Wildman–Crippen LogP) is 1.05. The molecule has 1 aromatic rings. The first-order chi connectivity index (χ1) is 15.1. The average molecular weight is 537 g/mol. The number of aliphatic imine (C=N–C) groups is 1. The van der Waals surface area contributed by atoms with Crippen molar-refractivity contribution in [1.82, 2.24) is 0 Å². The van der Waals surface area contributed by atoms with Crippen LogP contribution in [-0.2, 0) is 7.86 Å². The summed E-state index contributed by atoms with van der Waals surface area (Å²) in [6, 6.07) is 7.50. The SMILES string of the molecule is C=NC[I-]O/C(=C/C#CCF)[C@H](CC)C(=O)Nc1cc(C#N)ccc1N1CCCCC1. The number of carbonyl (C=O) groups is 1. The van der Waals surface area contributed by atoms with Gasteiger partial charge in [0.2, 0.25) is 0 Å². The molecule has 1 aliphatic rings. The van der Waals surface area contributed by atoms with Crippen molar-refractivity contribution >= 4 is 24.0 Å². The molecule has 1 amide bonds. The van der Waals surface area contributed by atoms with Gasteiger partial charge in [-0.2, -0.15) is 0 Å². The van der Waals surface area contributed by atoms with E-state index < -0.39 is 34.2 Å². The van der Waals surface area contributed by atoms with E-state index in [4.69, 9.17) is 3.07 Å². The number of hydrogen-bond donors (Lipinski definition) is 1. The number of carbonyl (C=O) groups excluding carboxylic acids is 1. The number of alkyl halides is 2. The Morgan fingerprint density at radius 3 is 2.87 bits per heavy atom. The molecule has 0 unspecified atom stereocenters. The number of anilines is 2. The van der Waals surface area contributed by atoms with Crippen LogP contribution in [0, 0.1) is 29.1 Å². The standard InChI is InChI=1S/C23H27FIN4O2/c1-3-19(22(9-5-6-12-24)31-25-17-27-2)23(30)28-20-15-18(16-26)10-11-21(20)29-13-7-4-8-14-29/h9-11,15,19H,2-4,7-8,12-14,17H2,1H3,(H,28,30)/q-1/b22-9+/t19-/m0/s1. The quantitative estimate of drug-likeness (QED) is 0.0973. The molecule has 0 bridgehead atoms. The summed E-state index contributed by atoms with van der Waals surface area (Å²) in [4.78, 5) is 19.2. The second-order valence-electron chi connectivity index (χ2n) is 6.87. The molecule has 1 aromatic carbocycles. The molecule has 1 aliphatic heterocycles. The van der Waals surface area contributed by atoms with Gasteiger partial charge in [-0.3, -0.25) is 0 Å². The molecule has 0 aliphatic carbocycles. The van der Waals surface area contributed by atoms with E-state index in [2.05, 4.69) is 39.8 Å². The molecule has 166 valence electrons. The summed E-state index contributed by atoms with van der Waals surface area (Å²) in [5.41, 5.74) is 2.00. The number of nitriles is 1. The number of nitrogens with one attached hydrogen (secondary N) is 1. The van der Waals surface area contributed by atoms with Gasteiger partial charge in [-0.15, -0.1) is 0 Å². The number of hydrogen-bond acceptors (Lipinski definition) is 5. The minimum absolute atomic E-state index is 0.250. The second-order valence-corrected chi connectivity index (χ2v) is 8.62. The van der Waals surface area contributed by atoms with Gasteiger partial charge in [0.1, 0.15) is 0 Å². The number of halogens is 2. The van der Waals surface area contributed by atoms with E-state index in [1.165, 1.54) is 12.5 Å². The Bertz CT molecular complexity index is 895. The normalized spacial score (nSPS) is 14.7. The Hall–Kier alpha value is -2.59. The molecule has 2 rings (SSSR count). The van der Waals surface area contributed by atoms with E-state index in [0.717, 1.165) is 31.6 Å². The van der Waals surface area contributed by atoms with Crippen LogP contribution in [0.15, 0.2) is 35.0 Å². The molecule has 1 N–H and O–H groups in total. The monoisotopic (exact) mass is 537 g/mol. The Labute approximate surface area is 194 Å². The van der Waals surface area contributed by atoms with Gasteiger partial charge >= 0.3 is 195 Å². The molecule has 8 heteroatoms. The van der Waals surface area contributed by atoms with Gasteiger partial charge in [0.05, 0.1) is 0 Å². The van der Waals surface area contributed by atoms with Gasteiger partial charge in [-0.05, 0) is 0 Å². The van der Waals surface area contributed by atoms with Crippen molar-refractivity contribution in [2.75, 3.05) is 34.5 Å². The van der Waals surface area contributed by atoms with E-state index >= 15 is 0 Å². The van der Waals surface area contributed by atoms with Crippen LogP contribution < -0.4 is 31.8 Å². The van der Waals surface area contributed by atoms with E-state index in [-0.39, 0.29) is 5.91 Å². The van der Waals surface area contributed by atoms with E-state index in [0.29, 0.717) is 28.0 Å². The molecule has 1 atom stereocenters.